The van der Waals surface area contributed by atoms with Crippen molar-refractivity contribution in [2.45, 2.75) is 38.1 Å². The van der Waals surface area contributed by atoms with Crippen LogP contribution in [0, 0.1) is 5.92 Å². The zero-order valence-corrected chi connectivity index (χ0v) is 17.6. The molecule has 1 fully saturated rings. The SMILES string of the molecule is CCC(=O)Nc1ccc(S(=O)(=O)NCC(C(C)C)N2CCN(C)CC2)cc1. The second kappa shape index (κ2) is 9.64. The van der Waals surface area contributed by atoms with Gasteiger partial charge in [0.15, 0.2) is 0 Å². The van der Waals surface area contributed by atoms with E-state index < -0.39 is 10.0 Å². The standard InChI is InChI=1S/C19H32N4O3S/c1-5-19(24)21-16-6-8-17(9-7-16)27(25,26)20-14-18(15(2)3)23-12-10-22(4)11-13-23/h6-9,15,18,20H,5,10-14H2,1-4H3,(H,21,24). The van der Waals surface area contributed by atoms with Gasteiger partial charge in [0.2, 0.25) is 15.9 Å². The lowest BCUT2D eigenvalue weighted by atomic mass is 10.0. The lowest BCUT2D eigenvalue weighted by molar-refractivity contribution is -0.115. The third-order valence-corrected chi connectivity index (χ3v) is 6.47. The van der Waals surface area contributed by atoms with Crippen molar-refractivity contribution < 1.29 is 13.2 Å². The summed E-state index contributed by atoms with van der Waals surface area (Å²) in [6, 6.07) is 6.43. The van der Waals surface area contributed by atoms with E-state index in [1.807, 2.05) is 0 Å². The van der Waals surface area contributed by atoms with Crippen LogP contribution in [0.1, 0.15) is 27.2 Å². The minimum absolute atomic E-state index is 0.101. The third kappa shape index (κ3) is 6.27. The molecule has 7 nitrogen and oxygen atoms in total. The summed E-state index contributed by atoms with van der Waals surface area (Å²) in [6.07, 6.45) is 0.379. The Morgan fingerprint density at radius 1 is 1.11 bits per heavy atom. The highest BCUT2D eigenvalue weighted by molar-refractivity contribution is 7.89. The topological polar surface area (TPSA) is 81.7 Å². The van der Waals surface area contributed by atoms with Crippen molar-refractivity contribution in [2.75, 3.05) is 45.1 Å². The first-order chi connectivity index (χ1) is 12.7. The number of rotatable bonds is 8. The first-order valence-corrected chi connectivity index (χ1v) is 11.0. The number of benzene rings is 1. The van der Waals surface area contributed by atoms with Crippen LogP contribution in [0.5, 0.6) is 0 Å². The Balaban J connectivity index is 2.00. The molecule has 2 rings (SSSR count). The second-order valence-corrected chi connectivity index (χ2v) is 9.20. The lowest BCUT2D eigenvalue weighted by Crippen LogP contribution is -2.54. The van der Waals surface area contributed by atoms with Gasteiger partial charge in [-0.15, -0.1) is 0 Å². The van der Waals surface area contributed by atoms with Gasteiger partial charge < -0.3 is 10.2 Å². The van der Waals surface area contributed by atoms with Gasteiger partial charge in [-0.05, 0) is 37.2 Å². The molecule has 1 heterocycles. The molecule has 0 aromatic heterocycles. The zero-order chi connectivity index (χ0) is 20.0. The number of amides is 1. The number of nitrogens with one attached hydrogen (secondary N) is 2. The van der Waals surface area contributed by atoms with Gasteiger partial charge in [-0.25, -0.2) is 13.1 Å². The first-order valence-electron chi connectivity index (χ1n) is 9.55. The molecule has 0 aliphatic carbocycles. The summed E-state index contributed by atoms with van der Waals surface area (Å²) < 4.78 is 28.1. The Kier molecular flexibility index (Phi) is 7.79. The summed E-state index contributed by atoms with van der Waals surface area (Å²) in [7, 11) is -1.48. The Labute approximate surface area is 163 Å². The van der Waals surface area contributed by atoms with Crippen molar-refractivity contribution in [3.63, 3.8) is 0 Å². The largest absolute Gasteiger partial charge is 0.326 e. The summed E-state index contributed by atoms with van der Waals surface area (Å²) in [4.78, 5) is 16.3. The van der Waals surface area contributed by atoms with Gasteiger partial charge in [0.1, 0.15) is 0 Å². The predicted octanol–water partition coefficient (Wildman–Crippen LogP) is 1.59. The van der Waals surface area contributed by atoms with Gasteiger partial charge in [0.25, 0.3) is 0 Å². The number of hydrogen-bond acceptors (Lipinski definition) is 5. The summed E-state index contributed by atoms with van der Waals surface area (Å²) in [6.45, 7) is 10.3. The summed E-state index contributed by atoms with van der Waals surface area (Å²) in [5.41, 5.74) is 0.596. The fourth-order valence-corrected chi connectivity index (χ4v) is 4.24. The Morgan fingerprint density at radius 3 is 2.22 bits per heavy atom. The number of hydrogen-bond donors (Lipinski definition) is 2. The predicted molar refractivity (Wildman–Crippen MR) is 108 cm³/mol. The maximum atomic E-state index is 12.7. The van der Waals surface area contributed by atoms with Crippen molar-refractivity contribution >= 4 is 21.6 Å². The summed E-state index contributed by atoms with van der Waals surface area (Å²) in [5, 5.41) is 2.72. The molecule has 8 heteroatoms. The van der Waals surface area contributed by atoms with Crippen LogP contribution in [-0.4, -0.2) is 69.9 Å². The third-order valence-electron chi connectivity index (χ3n) is 5.03. The van der Waals surface area contributed by atoms with Gasteiger partial charge in [-0.3, -0.25) is 9.69 Å². The maximum Gasteiger partial charge on any atom is 0.240 e. The molecule has 1 unspecified atom stereocenters. The van der Waals surface area contributed by atoms with Crippen molar-refractivity contribution in [2.24, 2.45) is 5.92 Å². The number of likely N-dealkylation sites (N-methyl/N-ethyl adjacent to an activating group) is 1. The van der Waals surface area contributed by atoms with Gasteiger partial charge in [0.05, 0.1) is 4.90 Å². The molecule has 1 saturated heterocycles. The Morgan fingerprint density at radius 2 is 1.70 bits per heavy atom. The zero-order valence-electron chi connectivity index (χ0n) is 16.7. The number of anilines is 1. The fraction of sp³-hybridized carbons (Fsp3) is 0.632. The quantitative estimate of drug-likeness (QED) is 0.697. The molecule has 1 aliphatic rings. The van der Waals surface area contributed by atoms with E-state index in [0.717, 1.165) is 26.2 Å². The van der Waals surface area contributed by atoms with E-state index in [-0.39, 0.29) is 16.8 Å². The highest BCUT2D eigenvalue weighted by atomic mass is 32.2. The van der Waals surface area contributed by atoms with Crippen LogP contribution in [0.15, 0.2) is 29.2 Å². The lowest BCUT2D eigenvalue weighted by Gasteiger charge is -2.39. The summed E-state index contributed by atoms with van der Waals surface area (Å²) >= 11 is 0. The van der Waals surface area contributed by atoms with Crippen LogP contribution in [-0.2, 0) is 14.8 Å². The molecule has 0 saturated carbocycles. The molecular formula is C19H32N4O3S. The monoisotopic (exact) mass is 396 g/mol. The van der Waals surface area contributed by atoms with Crippen LogP contribution >= 0.6 is 0 Å². The van der Waals surface area contributed by atoms with Gasteiger partial charge in [0, 0.05) is 50.9 Å². The molecule has 1 aromatic rings. The molecule has 0 radical (unpaired) electrons. The van der Waals surface area contributed by atoms with Gasteiger partial charge in [-0.1, -0.05) is 20.8 Å². The van der Waals surface area contributed by atoms with Crippen LogP contribution < -0.4 is 10.0 Å². The normalized spacial score (nSPS) is 17.8. The van der Waals surface area contributed by atoms with E-state index in [1.165, 1.54) is 12.1 Å². The molecule has 0 bridgehead atoms. The molecule has 152 valence electrons. The Bertz CT molecular complexity index is 711. The number of carbonyl (C=O) groups excluding carboxylic acids is 1. The second-order valence-electron chi connectivity index (χ2n) is 7.43. The number of nitrogens with zero attached hydrogens (tertiary/aromatic N) is 2. The smallest absolute Gasteiger partial charge is 0.240 e. The van der Waals surface area contributed by atoms with E-state index in [9.17, 15) is 13.2 Å². The highest BCUT2D eigenvalue weighted by Gasteiger charge is 2.26. The van der Waals surface area contributed by atoms with Crippen molar-refractivity contribution in [3.05, 3.63) is 24.3 Å². The molecular weight excluding hydrogens is 364 g/mol. The van der Waals surface area contributed by atoms with Gasteiger partial charge in [-0.2, -0.15) is 0 Å². The van der Waals surface area contributed by atoms with Crippen LogP contribution in [0.2, 0.25) is 0 Å². The average Bonchev–Trinajstić information content (AvgIpc) is 2.63. The Hall–Kier alpha value is -1.48. The molecule has 1 atom stereocenters. The van der Waals surface area contributed by atoms with E-state index in [1.54, 1.807) is 19.1 Å². The van der Waals surface area contributed by atoms with Gasteiger partial charge >= 0.3 is 0 Å². The number of piperazine rings is 1. The molecule has 1 amide bonds. The van der Waals surface area contributed by atoms with Crippen molar-refractivity contribution in [1.29, 1.82) is 0 Å². The van der Waals surface area contributed by atoms with E-state index in [4.69, 9.17) is 0 Å². The van der Waals surface area contributed by atoms with Crippen LogP contribution in [0.4, 0.5) is 5.69 Å². The van der Waals surface area contributed by atoms with E-state index in [2.05, 4.69) is 40.7 Å². The average molecular weight is 397 g/mol. The van der Waals surface area contributed by atoms with Crippen molar-refractivity contribution in [3.8, 4) is 0 Å². The molecule has 2 N–H and O–H groups in total. The minimum Gasteiger partial charge on any atom is -0.326 e. The van der Waals surface area contributed by atoms with Crippen molar-refractivity contribution in [1.82, 2.24) is 14.5 Å². The van der Waals surface area contributed by atoms with E-state index >= 15 is 0 Å². The maximum absolute atomic E-state index is 12.7. The van der Waals surface area contributed by atoms with Crippen LogP contribution in [0.25, 0.3) is 0 Å². The molecule has 1 aliphatic heterocycles. The fourth-order valence-electron chi connectivity index (χ4n) is 3.19. The first kappa shape index (κ1) is 21.8. The molecule has 27 heavy (non-hydrogen) atoms. The van der Waals surface area contributed by atoms with E-state index in [0.29, 0.717) is 24.6 Å². The number of sulfonamides is 1. The highest BCUT2D eigenvalue weighted by Crippen LogP contribution is 2.17. The van der Waals surface area contributed by atoms with Crippen LogP contribution in [0.3, 0.4) is 0 Å². The molecule has 1 aromatic carbocycles. The minimum atomic E-state index is -3.59. The number of carbonyl (C=O) groups is 1. The summed E-state index contributed by atoms with van der Waals surface area (Å²) in [5.74, 6) is 0.249. The molecule has 0 spiro atoms.